The van der Waals surface area contributed by atoms with Gasteiger partial charge >= 0.3 is 5.69 Å². The Morgan fingerprint density at radius 3 is 2.69 bits per heavy atom. The molecule has 146 valence electrons. The second kappa shape index (κ2) is 7.76. The number of carbonyl (C=O) groups is 1. The van der Waals surface area contributed by atoms with Crippen LogP contribution in [0.3, 0.4) is 0 Å². The minimum Gasteiger partial charge on any atom is -0.340 e. The molecule has 0 aliphatic rings. The maximum Gasteiger partial charge on any atom is 0.352 e. The molecule has 0 fully saturated rings. The Bertz CT molecular complexity index is 1250. The summed E-state index contributed by atoms with van der Waals surface area (Å²) in [7, 11) is 0. The van der Waals surface area contributed by atoms with Crippen molar-refractivity contribution in [2.24, 2.45) is 0 Å². The number of nitrogens with one attached hydrogen (secondary N) is 2. The summed E-state index contributed by atoms with van der Waals surface area (Å²) >= 11 is 6.14. The number of aromatic nitrogens is 4. The summed E-state index contributed by atoms with van der Waals surface area (Å²) in [6, 6.07) is 16.5. The molecule has 0 unspecified atom stereocenters. The molecule has 2 heterocycles. The molecule has 0 saturated carbocycles. The van der Waals surface area contributed by atoms with E-state index in [4.69, 9.17) is 11.6 Å². The van der Waals surface area contributed by atoms with Crippen molar-refractivity contribution in [3.05, 3.63) is 81.9 Å². The molecule has 2 aromatic heterocycles. The molecule has 0 aliphatic carbocycles. The molecular formula is C20H17ClN6O2. The van der Waals surface area contributed by atoms with Crippen LogP contribution >= 0.6 is 11.6 Å². The zero-order chi connectivity index (χ0) is 20.4. The molecule has 0 atom stereocenters. The molecule has 2 N–H and O–H groups in total. The molecular weight excluding hydrogens is 392 g/mol. The number of carbonyl (C=O) groups excluding carboxylic acids is 1. The average Bonchev–Trinajstić information content (AvgIpc) is 3.00. The van der Waals surface area contributed by atoms with Crippen LogP contribution in [0.1, 0.15) is 5.56 Å². The monoisotopic (exact) mass is 408 g/mol. The summed E-state index contributed by atoms with van der Waals surface area (Å²) in [4.78, 5) is 29.2. The number of para-hydroxylation sites is 1. The van der Waals surface area contributed by atoms with Crippen molar-refractivity contribution in [2.75, 3.05) is 10.6 Å². The molecule has 4 rings (SSSR count). The van der Waals surface area contributed by atoms with Crippen LogP contribution in [0.15, 0.2) is 65.6 Å². The van der Waals surface area contributed by atoms with Crippen molar-refractivity contribution >= 4 is 40.5 Å². The summed E-state index contributed by atoms with van der Waals surface area (Å²) in [6.07, 6.45) is 1.56. The number of aryl methyl sites for hydroxylation is 1. The smallest absolute Gasteiger partial charge is 0.340 e. The predicted octanol–water partition coefficient (Wildman–Crippen LogP) is 3.24. The summed E-state index contributed by atoms with van der Waals surface area (Å²) in [5.41, 5.74) is 1.87. The molecule has 8 nitrogen and oxygen atoms in total. The van der Waals surface area contributed by atoms with Gasteiger partial charge in [-0.15, -0.1) is 5.10 Å². The van der Waals surface area contributed by atoms with Crippen LogP contribution < -0.4 is 16.3 Å². The van der Waals surface area contributed by atoms with Gasteiger partial charge in [-0.2, -0.15) is 4.98 Å². The van der Waals surface area contributed by atoms with E-state index in [1.807, 2.05) is 43.3 Å². The molecule has 4 aromatic rings. The van der Waals surface area contributed by atoms with Crippen LogP contribution in [0.25, 0.3) is 5.78 Å². The van der Waals surface area contributed by atoms with Gasteiger partial charge in [0.2, 0.25) is 5.91 Å². The second-order valence-electron chi connectivity index (χ2n) is 6.45. The normalized spacial score (nSPS) is 10.8. The third-order valence-electron chi connectivity index (χ3n) is 4.19. The Morgan fingerprint density at radius 2 is 1.93 bits per heavy atom. The zero-order valence-electron chi connectivity index (χ0n) is 15.5. The van der Waals surface area contributed by atoms with Gasteiger partial charge in [0.1, 0.15) is 12.4 Å². The SMILES string of the molecule is Cc1ccc(NC(=O)Cn2nc3nc(Nc4ccccc4)ccn3c2=O)c(Cl)c1. The van der Waals surface area contributed by atoms with Crippen LogP contribution in [0, 0.1) is 6.92 Å². The van der Waals surface area contributed by atoms with Gasteiger partial charge in [-0.3, -0.25) is 4.79 Å². The fourth-order valence-corrected chi connectivity index (χ4v) is 3.08. The number of hydrogen-bond donors (Lipinski definition) is 2. The molecule has 0 aliphatic heterocycles. The van der Waals surface area contributed by atoms with Gasteiger partial charge in [0.15, 0.2) is 0 Å². The number of halogens is 1. The molecule has 0 spiro atoms. The Kier molecular flexibility index (Phi) is 5.01. The molecule has 0 bridgehead atoms. The Balaban J connectivity index is 1.53. The first kappa shape index (κ1) is 18.7. The van der Waals surface area contributed by atoms with E-state index in [1.165, 1.54) is 4.40 Å². The predicted molar refractivity (Wildman–Crippen MR) is 112 cm³/mol. The number of amides is 1. The van der Waals surface area contributed by atoms with E-state index < -0.39 is 11.6 Å². The van der Waals surface area contributed by atoms with Crippen molar-refractivity contribution in [1.82, 2.24) is 19.2 Å². The summed E-state index contributed by atoms with van der Waals surface area (Å²) < 4.78 is 2.34. The fourth-order valence-electron chi connectivity index (χ4n) is 2.79. The van der Waals surface area contributed by atoms with Gasteiger partial charge in [0.25, 0.3) is 5.78 Å². The lowest BCUT2D eigenvalue weighted by Crippen LogP contribution is -2.28. The molecule has 0 radical (unpaired) electrons. The van der Waals surface area contributed by atoms with Crippen molar-refractivity contribution < 1.29 is 4.79 Å². The van der Waals surface area contributed by atoms with Crippen LogP contribution in [0.2, 0.25) is 5.02 Å². The number of benzene rings is 2. The number of fused-ring (bicyclic) bond motifs is 1. The second-order valence-corrected chi connectivity index (χ2v) is 6.85. The first-order valence-corrected chi connectivity index (χ1v) is 9.22. The zero-order valence-corrected chi connectivity index (χ0v) is 16.2. The molecule has 9 heteroatoms. The summed E-state index contributed by atoms with van der Waals surface area (Å²) in [6.45, 7) is 1.65. The maximum atomic E-state index is 12.5. The Morgan fingerprint density at radius 1 is 1.14 bits per heavy atom. The topological polar surface area (TPSA) is 93.3 Å². The van der Waals surface area contributed by atoms with E-state index in [-0.39, 0.29) is 12.3 Å². The van der Waals surface area contributed by atoms with Crippen molar-refractivity contribution in [3.8, 4) is 0 Å². The number of nitrogens with zero attached hydrogens (tertiary/aromatic N) is 4. The van der Waals surface area contributed by atoms with E-state index in [2.05, 4.69) is 20.7 Å². The van der Waals surface area contributed by atoms with Crippen molar-refractivity contribution in [2.45, 2.75) is 13.5 Å². The first-order chi connectivity index (χ1) is 14.0. The number of anilines is 3. The molecule has 29 heavy (non-hydrogen) atoms. The van der Waals surface area contributed by atoms with Crippen LogP contribution in [-0.2, 0) is 11.3 Å². The van der Waals surface area contributed by atoms with Crippen LogP contribution in [-0.4, -0.2) is 25.1 Å². The average molecular weight is 409 g/mol. The Labute approximate surface area is 170 Å². The highest BCUT2D eigenvalue weighted by molar-refractivity contribution is 6.33. The van der Waals surface area contributed by atoms with Gasteiger partial charge in [-0.1, -0.05) is 35.9 Å². The van der Waals surface area contributed by atoms with Gasteiger partial charge in [0.05, 0.1) is 10.7 Å². The van der Waals surface area contributed by atoms with Crippen LogP contribution in [0.5, 0.6) is 0 Å². The van der Waals surface area contributed by atoms with E-state index in [0.717, 1.165) is 15.9 Å². The third kappa shape index (κ3) is 4.12. The lowest BCUT2D eigenvalue weighted by atomic mass is 10.2. The van der Waals surface area contributed by atoms with E-state index >= 15 is 0 Å². The largest absolute Gasteiger partial charge is 0.352 e. The van der Waals surface area contributed by atoms with Crippen molar-refractivity contribution in [3.63, 3.8) is 0 Å². The first-order valence-electron chi connectivity index (χ1n) is 8.84. The quantitative estimate of drug-likeness (QED) is 0.528. The summed E-state index contributed by atoms with van der Waals surface area (Å²) in [5, 5.41) is 10.4. The lowest BCUT2D eigenvalue weighted by molar-refractivity contribution is -0.117. The highest BCUT2D eigenvalue weighted by atomic mass is 35.5. The van der Waals surface area contributed by atoms with Crippen LogP contribution in [0.4, 0.5) is 17.2 Å². The fraction of sp³-hybridized carbons (Fsp3) is 0.100. The van der Waals surface area contributed by atoms with E-state index in [9.17, 15) is 9.59 Å². The molecule has 1 amide bonds. The summed E-state index contributed by atoms with van der Waals surface area (Å²) in [5.74, 6) is 0.317. The number of hydrogen-bond acceptors (Lipinski definition) is 5. The molecule has 0 saturated heterocycles. The van der Waals surface area contributed by atoms with E-state index in [0.29, 0.717) is 16.5 Å². The minimum atomic E-state index is -0.455. The highest BCUT2D eigenvalue weighted by Gasteiger charge is 2.13. The number of rotatable bonds is 5. The third-order valence-corrected chi connectivity index (χ3v) is 4.51. The van der Waals surface area contributed by atoms with Gasteiger partial charge < -0.3 is 10.6 Å². The standard InChI is InChI=1S/C20H17ClN6O2/c1-13-7-8-16(15(21)11-13)23-18(28)12-27-20(29)26-10-9-17(24-19(26)25-27)22-14-5-3-2-4-6-14/h2-11H,12H2,1H3,(H,23,28)(H,22,24,25). The van der Waals surface area contributed by atoms with Gasteiger partial charge in [-0.25, -0.2) is 13.9 Å². The maximum absolute atomic E-state index is 12.5. The lowest BCUT2D eigenvalue weighted by Gasteiger charge is -2.07. The molecule has 2 aromatic carbocycles. The Hall–Kier alpha value is -3.65. The van der Waals surface area contributed by atoms with Crippen molar-refractivity contribution in [1.29, 1.82) is 0 Å². The highest BCUT2D eigenvalue weighted by Crippen LogP contribution is 2.22. The van der Waals surface area contributed by atoms with E-state index in [1.54, 1.807) is 24.4 Å². The van der Waals surface area contributed by atoms with Gasteiger partial charge in [-0.05, 0) is 42.8 Å². The van der Waals surface area contributed by atoms with Gasteiger partial charge in [0, 0.05) is 11.9 Å². The minimum absolute atomic E-state index is 0.192.